The van der Waals surface area contributed by atoms with E-state index in [9.17, 15) is 22.8 Å². The first-order chi connectivity index (χ1) is 15.2. The molecule has 1 saturated carbocycles. The molecule has 4 heterocycles. The molecular weight excluding hydrogens is 427 g/mol. The van der Waals surface area contributed by atoms with Crippen molar-refractivity contribution in [3.63, 3.8) is 0 Å². The number of halogens is 3. The summed E-state index contributed by atoms with van der Waals surface area (Å²) in [4.78, 5) is 34.6. The van der Waals surface area contributed by atoms with Crippen LogP contribution in [0, 0.1) is 5.41 Å². The summed E-state index contributed by atoms with van der Waals surface area (Å²) in [6.07, 6.45) is 1.01. The molecule has 0 bridgehead atoms. The molecule has 3 aromatic rings. The smallest absolute Gasteiger partial charge is 0.337 e. The number of hydrogen-bond acceptors (Lipinski definition) is 5. The fourth-order valence-corrected chi connectivity index (χ4v) is 4.47. The number of alkyl halides is 3. The van der Waals surface area contributed by atoms with Gasteiger partial charge in [0, 0.05) is 36.9 Å². The third-order valence-corrected chi connectivity index (χ3v) is 5.95. The molecule has 0 radical (unpaired) electrons. The molecule has 2 aliphatic rings. The van der Waals surface area contributed by atoms with E-state index in [1.165, 1.54) is 0 Å². The Balaban J connectivity index is 1.12. The van der Waals surface area contributed by atoms with Crippen LogP contribution in [0.2, 0.25) is 0 Å². The zero-order valence-electron chi connectivity index (χ0n) is 16.6. The number of nitrogens with zero attached hydrogens (tertiary/aromatic N) is 4. The van der Waals surface area contributed by atoms with Crippen molar-refractivity contribution < 1.29 is 22.8 Å². The lowest BCUT2D eigenvalue weighted by Crippen LogP contribution is -2.67. The Kier molecular flexibility index (Phi) is 4.53. The summed E-state index contributed by atoms with van der Waals surface area (Å²) in [5, 5.41) is 12.4. The topological polar surface area (TPSA) is 116 Å². The van der Waals surface area contributed by atoms with Crippen molar-refractivity contribution in [2.24, 2.45) is 5.41 Å². The van der Waals surface area contributed by atoms with Crippen molar-refractivity contribution in [3.8, 4) is 0 Å². The standard InChI is InChI=1S/C20H18F3N7O2/c21-20(22,23)11-1-3-24-15(5-11)28-18(32)27-12-6-19(7-12)9-30(10-19)17(31)13-2-4-25-16-14(13)8-26-29-16/h1-5,8,12H,6-7,9-10H2,(H,25,26,29)(H2,24,27,28,32). The second kappa shape index (κ2) is 7.18. The van der Waals surface area contributed by atoms with Crippen molar-refractivity contribution in [2.75, 3.05) is 18.4 Å². The minimum Gasteiger partial charge on any atom is -0.337 e. The molecule has 0 atom stereocenters. The maximum absolute atomic E-state index is 12.8. The number of aromatic nitrogens is 4. The maximum atomic E-state index is 12.8. The van der Waals surface area contributed by atoms with Gasteiger partial charge in [0.2, 0.25) is 0 Å². The van der Waals surface area contributed by atoms with Gasteiger partial charge in [0.1, 0.15) is 5.82 Å². The minimum absolute atomic E-state index is 0.0371. The highest BCUT2D eigenvalue weighted by molar-refractivity contribution is 6.05. The first-order valence-electron chi connectivity index (χ1n) is 9.91. The number of amides is 3. The van der Waals surface area contributed by atoms with Gasteiger partial charge >= 0.3 is 12.2 Å². The minimum atomic E-state index is -4.51. The van der Waals surface area contributed by atoms with Crippen LogP contribution in [0.15, 0.2) is 36.8 Å². The number of pyridine rings is 2. The van der Waals surface area contributed by atoms with Gasteiger partial charge < -0.3 is 10.2 Å². The second-order valence-corrected chi connectivity index (χ2v) is 8.28. The molecule has 32 heavy (non-hydrogen) atoms. The van der Waals surface area contributed by atoms with Gasteiger partial charge in [0.15, 0.2) is 5.65 Å². The number of rotatable bonds is 3. The van der Waals surface area contributed by atoms with Gasteiger partial charge in [0.05, 0.1) is 22.7 Å². The molecule has 0 aromatic carbocycles. The lowest BCUT2D eigenvalue weighted by atomic mass is 9.60. The molecule has 1 aliphatic heterocycles. The molecule has 166 valence electrons. The van der Waals surface area contributed by atoms with E-state index >= 15 is 0 Å². The van der Waals surface area contributed by atoms with Crippen molar-refractivity contribution in [3.05, 3.63) is 47.9 Å². The summed E-state index contributed by atoms with van der Waals surface area (Å²) in [6, 6.07) is 2.57. The Hall–Kier alpha value is -3.70. The number of anilines is 1. The van der Waals surface area contributed by atoms with Crippen LogP contribution in [-0.2, 0) is 6.18 Å². The molecule has 12 heteroatoms. The average Bonchev–Trinajstić information content (AvgIpc) is 3.16. The van der Waals surface area contributed by atoms with Crippen LogP contribution in [0.5, 0.6) is 0 Å². The molecule has 3 amide bonds. The second-order valence-electron chi connectivity index (χ2n) is 8.28. The summed E-state index contributed by atoms with van der Waals surface area (Å²) in [7, 11) is 0. The van der Waals surface area contributed by atoms with Gasteiger partial charge in [-0.2, -0.15) is 18.3 Å². The third-order valence-electron chi connectivity index (χ3n) is 5.95. The lowest BCUT2D eigenvalue weighted by Gasteiger charge is -2.59. The summed E-state index contributed by atoms with van der Waals surface area (Å²) < 4.78 is 38.3. The van der Waals surface area contributed by atoms with Crippen molar-refractivity contribution in [1.82, 2.24) is 30.4 Å². The predicted molar refractivity (Wildman–Crippen MR) is 107 cm³/mol. The van der Waals surface area contributed by atoms with Crippen LogP contribution < -0.4 is 10.6 Å². The number of urea groups is 1. The van der Waals surface area contributed by atoms with Crippen molar-refractivity contribution in [1.29, 1.82) is 0 Å². The lowest BCUT2D eigenvalue weighted by molar-refractivity contribution is -0.137. The highest BCUT2D eigenvalue weighted by Crippen LogP contribution is 2.48. The van der Waals surface area contributed by atoms with Gasteiger partial charge in [-0.3, -0.25) is 15.2 Å². The largest absolute Gasteiger partial charge is 0.416 e. The maximum Gasteiger partial charge on any atom is 0.416 e. The molecule has 9 nitrogen and oxygen atoms in total. The van der Waals surface area contributed by atoms with Crippen LogP contribution in [-0.4, -0.2) is 56.1 Å². The van der Waals surface area contributed by atoms with E-state index in [4.69, 9.17) is 0 Å². The van der Waals surface area contributed by atoms with Gasteiger partial charge in [-0.25, -0.2) is 14.8 Å². The summed E-state index contributed by atoms with van der Waals surface area (Å²) in [5.41, 5.74) is 0.178. The molecule has 1 aliphatic carbocycles. The fourth-order valence-electron chi connectivity index (χ4n) is 4.47. The van der Waals surface area contributed by atoms with Gasteiger partial charge in [-0.05, 0) is 31.0 Å². The Bertz CT molecular complexity index is 1200. The highest BCUT2D eigenvalue weighted by atomic mass is 19.4. The predicted octanol–water partition coefficient (Wildman–Crippen LogP) is 2.80. The number of carbonyl (C=O) groups is 2. The van der Waals surface area contributed by atoms with E-state index in [1.54, 1.807) is 23.4 Å². The molecule has 3 aromatic heterocycles. The van der Waals surface area contributed by atoms with E-state index in [1.807, 2.05) is 0 Å². The first-order valence-corrected chi connectivity index (χ1v) is 9.91. The van der Waals surface area contributed by atoms with Gasteiger partial charge in [-0.15, -0.1) is 0 Å². The normalized spacial score (nSPS) is 17.7. The molecule has 0 unspecified atom stereocenters. The van der Waals surface area contributed by atoms with Crippen LogP contribution in [0.1, 0.15) is 28.8 Å². The summed E-state index contributed by atoms with van der Waals surface area (Å²) in [5.74, 6) is -0.260. The molecular formula is C20H18F3N7O2. The highest BCUT2D eigenvalue weighted by Gasteiger charge is 2.54. The Morgan fingerprint density at radius 1 is 1.16 bits per heavy atom. The number of H-pyrrole nitrogens is 1. The van der Waals surface area contributed by atoms with Gasteiger partial charge in [0.25, 0.3) is 5.91 Å². The monoisotopic (exact) mass is 445 g/mol. The van der Waals surface area contributed by atoms with Gasteiger partial charge in [-0.1, -0.05) is 0 Å². The third kappa shape index (κ3) is 3.61. The molecule has 2 fully saturated rings. The number of hydrogen-bond donors (Lipinski definition) is 3. The van der Waals surface area contributed by atoms with E-state index in [0.717, 1.165) is 18.3 Å². The van der Waals surface area contributed by atoms with E-state index in [-0.39, 0.29) is 23.2 Å². The van der Waals surface area contributed by atoms with Crippen LogP contribution >= 0.6 is 0 Å². The Labute approximate surface area is 179 Å². The van der Waals surface area contributed by atoms with Crippen molar-refractivity contribution in [2.45, 2.75) is 25.1 Å². The van der Waals surface area contributed by atoms with E-state index in [2.05, 4.69) is 30.8 Å². The van der Waals surface area contributed by atoms with Crippen LogP contribution in [0.25, 0.3) is 11.0 Å². The fraction of sp³-hybridized carbons (Fsp3) is 0.350. The number of nitrogens with one attached hydrogen (secondary N) is 3. The molecule has 1 saturated heterocycles. The zero-order valence-corrected chi connectivity index (χ0v) is 16.6. The van der Waals surface area contributed by atoms with Crippen LogP contribution in [0.3, 0.4) is 0 Å². The number of aromatic amines is 1. The average molecular weight is 445 g/mol. The molecule has 1 spiro atoms. The van der Waals surface area contributed by atoms with E-state index in [0.29, 0.717) is 42.5 Å². The summed E-state index contributed by atoms with van der Waals surface area (Å²) >= 11 is 0. The van der Waals surface area contributed by atoms with Crippen molar-refractivity contribution >= 4 is 28.8 Å². The molecule has 5 rings (SSSR count). The molecule has 3 N–H and O–H groups in total. The Morgan fingerprint density at radius 3 is 2.66 bits per heavy atom. The van der Waals surface area contributed by atoms with E-state index < -0.39 is 17.8 Å². The number of fused-ring (bicyclic) bond motifs is 1. The zero-order chi connectivity index (χ0) is 22.5. The number of likely N-dealkylation sites (tertiary alicyclic amines) is 1. The SMILES string of the molecule is O=C(Nc1cc(C(F)(F)F)ccn1)NC1CC2(C1)CN(C(=O)c1ccnc3[nH]ncc13)C2. The summed E-state index contributed by atoms with van der Waals surface area (Å²) in [6.45, 7) is 1.17. The quantitative estimate of drug-likeness (QED) is 0.573. The Morgan fingerprint density at radius 2 is 1.91 bits per heavy atom. The first kappa shape index (κ1) is 20.2. The van der Waals surface area contributed by atoms with Crippen LogP contribution in [0.4, 0.5) is 23.8 Å². The number of carbonyl (C=O) groups excluding carboxylic acids is 2.